The van der Waals surface area contributed by atoms with Crippen LogP contribution in [0.25, 0.3) is 22.6 Å². The third-order valence-electron chi connectivity index (χ3n) is 8.89. The molecule has 0 unspecified atom stereocenters. The van der Waals surface area contributed by atoms with Gasteiger partial charge in [0.1, 0.15) is 17.4 Å². The van der Waals surface area contributed by atoms with E-state index in [1.54, 1.807) is 49.5 Å². The second-order valence-electron chi connectivity index (χ2n) is 11.9. The van der Waals surface area contributed by atoms with Crippen LogP contribution in [0.5, 0.6) is 5.75 Å². The third-order valence-corrected chi connectivity index (χ3v) is 8.89. The number of hydrogen-bond donors (Lipinski definition) is 2. The van der Waals surface area contributed by atoms with Gasteiger partial charge in [-0.15, -0.1) is 0 Å². The number of H-pyrrole nitrogens is 1. The van der Waals surface area contributed by atoms with Crippen molar-refractivity contribution in [2.75, 3.05) is 42.4 Å². The molecule has 0 bridgehead atoms. The van der Waals surface area contributed by atoms with Gasteiger partial charge in [-0.05, 0) is 43.5 Å². The molecule has 0 radical (unpaired) electrons. The van der Waals surface area contributed by atoms with Gasteiger partial charge in [0.05, 0.1) is 43.5 Å². The molecule has 13 nitrogen and oxygen atoms in total. The quantitative estimate of drug-likeness (QED) is 0.238. The molecule has 3 aromatic heterocycles. The molecule has 7 rings (SSSR count). The van der Waals surface area contributed by atoms with Gasteiger partial charge in [0.15, 0.2) is 0 Å². The Morgan fingerprint density at radius 3 is 2.66 bits per heavy atom. The highest BCUT2D eigenvalue weighted by Crippen LogP contribution is 2.35. The van der Waals surface area contributed by atoms with Crippen molar-refractivity contribution in [3.8, 4) is 28.4 Å². The number of aromatic amines is 1. The highest BCUT2D eigenvalue weighted by atomic mass is 16.5. The predicted octanol–water partition coefficient (Wildman–Crippen LogP) is 5.55. The number of rotatable bonds is 7. The Balaban J connectivity index is 1.08. The number of carbonyl (C=O) groups excluding carboxylic acids is 2. The zero-order valence-corrected chi connectivity index (χ0v) is 26.8. The van der Waals surface area contributed by atoms with Crippen molar-refractivity contribution < 1.29 is 14.3 Å². The molecule has 13 heteroatoms. The van der Waals surface area contributed by atoms with Crippen LogP contribution >= 0.6 is 0 Å². The molecule has 0 aliphatic carbocycles. The summed E-state index contributed by atoms with van der Waals surface area (Å²) in [4.78, 5) is 47.9. The van der Waals surface area contributed by atoms with Crippen molar-refractivity contribution in [3.05, 3.63) is 78.4 Å². The van der Waals surface area contributed by atoms with Gasteiger partial charge in [0, 0.05) is 61.8 Å². The van der Waals surface area contributed by atoms with E-state index in [-0.39, 0.29) is 18.0 Å². The smallest absolute Gasteiger partial charge is 0.330 e. The highest BCUT2D eigenvalue weighted by molar-refractivity contribution is 6.05. The summed E-state index contributed by atoms with van der Waals surface area (Å²) in [7, 11) is 3.37. The van der Waals surface area contributed by atoms with E-state index in [1.807, 2.05) is 65.2 Å². The molecular weight excluding hydrogens is 596 g/mol. The van der Waals surface area contributed by atoms with Gasteiger partial charge in [0.25, 0.3) is 0 Å². The largest absolute Gasteiger partial charge is 0.496 e. The minimum Gasteiger partial charge on any atom is -0.496 e. The van der Waals surface area contributed by atoms with Gasteiger partial charge in [-0.1, -0.05) is 24.3 Å². The molecule has 240 valence electrons. The summed E-state index contributed by atoms with van der Waals surface area (Å²) in [5.41, 5.74) is 5.93. The number of amides is 3. The normalized spacial score (nSPS) is 15.1. The lowest BCUT2D eigenvalue weighted by molar-refractivity contribution is -0.130. The van der Waals surface area contributed by atoms with Crippen molar-refractivity contribution in [1.29, 1.82) is 0 Å². The number of urea groups is 1. The van der Waals surface area contributed by atoms with E-state index >= 15 is 0 Å². The van der Waals surface area contributed by atoms with Crippen LogP contribution in [0.1, 0.15) is 36.9 Å². The number of aryl methyl sites for hydroxylation is 1. The molecule has 0 spiro atoms. The number of imidazole rings is 1. The molecular formula is C34H36N10O3. The van der Waals surface area contributed by atoms with Crippen LogP contribution < -0.4 is 19.9 Å². The van der Waals surface area contributed by atoms with E-state index in [4.69, 9.17) is 9.72 Å². The van der Waals surface area contributed by atoms with Crippen LogP contribution in [-0.4, -0.2) is 73.8 Å². The summed E-state index contributed by atoms with van der Waals surface area (Å²) in [6.07, 6.45) is 8.93. The number of anilines is 4. The molecule has 3 amide bonds. The lowest BCUT2D eigenvalue weighted by atomic mass is 10.1. The number of aromatic nitrogens is 6. The number of piperidine rings is 1. The Bertz CT molecular complexity index is 1960. The fourth-order valence-electron chi connectivity index (χ4n) is 6.25. The predicted molar refractivity (Wildman–Crippen MR) is 179 cm³/mol. The maximum Gasteiger partial charge on any atom is 0.330 e. The number of methoxy groups -OCH3 is 1. The number of fused-ring (bicyclic) bond motifs is 1. The first-order chi connectivity index (χ1) is 22.8. The van der Waals surface area contributed by atoms with Crippen molar-refractivity contribution in [2.45, 2.75) is 39.3 Å². The summed E-state index contributed by atoms with van der Waals surface area (Å²) >= 11 is 0. The van der Waals surface area contributed by atoms with Crippen LogP contribution in [0.2, 0.25) is 0 Å². The summed E-state index contributed by atoms with van der Waals surface area (Å²) in [5.74, 6) is 2.48. The summed E-state index contributed by atoms with van der Waals surface area (Å²) in [6.45, 7) is 5.38. The van der Waals surface area contributed by atoms with Crippen LogP contribution in [0.15, 0.2) is 67.3 Å². The first-order valence-corrected chi connectivity index (χ1v) is 15.6. The van der Waals surface area contributed by atoms with Crippen molar-refractivity contribution in [2.24, 2.45) is 0 Å². The van der Waals surface area contributed by atoms with E-state index in [0.717, 1.165) is 71.0 Å². The highest BCUT2D eigenvalue weighted by Gasteiger charge is 2.32. The second kappa shape index (κ2) is 12.2. The van der Waals surface area contributed by atoms with Gasteiger partial charge >= 0.3 is 6.03 Å². The molecule has 1 saturated heterocycles. The number of nitrogens with one attached hydrogen (secondary N) is 2. The number of benzene rings is 2. The van der Waals surface area contributed by atoms with E-state index in [0.29, 0.717) is 24.1 Å². The molecule has 0 saturated carbocycles. The molecule has 5 aromatic rings. The summed E-state index contributed by atoms with van der Waals surface area (Å²) in [5, 5.41) is 7.77. The van der Waals surface area contributed by atoms with E-state index < -0.39 is 0 Å². The Morgan fingerprint density at radius 2 is 1.87 bits per heavy atom. The number of nitrogens with zero attached hydrogens (tertiary/aromatic N) is 8. The Kier molecular flexibility index (Phi) is 7.80. The van der Waals surface area contributed by atoms with Crippen molar-refractivity contribution in [3.63, 3.8) is 0 Å². The average molecular weight is 633 g/mol. The Morgan fingerprint density at radius 1 is 1.06 bits per heavy atom. The lowest BCUT2D eigenvalue weighted by Crippen LogP contribution is -2.46. The fourth-order valence-corrected chi connectivity index (χ4v) is 6.25. The standard InChI is InChI=1S/C34H36N10O3/c1-21-9-10-23(31-35-18-28(39-31)27-7-5-6-8-30(27)47-4)15-29(21)43-19-24-16-36-33(40-32(24)41(3)34(43)46)38-25-17-37-44(20-25)26-11-13-42(14-12-26)22(2)45/h5-10,15-18,20,26H,11-14,19H2,1-4H3,(H,35,39)(H,36,38,40). The summed E-state index contributed by atoms with van der Waals surface area (Å²) in [6, 6.07) is 13.8. The third kappa shape index (κ3) is 5.75. The molecule has 47 heavy (non-hydrogen) atoms. The van der Waals surface area contributed by atoms with Gasteiger partial charge < -0.3 is 19.9 Å². The lowest BCUT2D eigenvalue weighted by Gasteiger charge is -2.35. The second-order valence-corrected chi connectivity index (χ2v) is 11.9. The topological polar surface area (TPSA) is 137 Å². The van der Waals surface area contributed by atoms with Crippen LogP contribution in [-0.2, 0) is 11.3 Å². The number of likely N-dealkylation sites (tertiary alicyclic amines) is 1. The van der Waals surface area contributed by atoms with E-state index in [2.05, 4.69) is 25.4 Å². The number of carbonyl (C=O) groups is 2. The molecule has 2 N–H and O–H groups in total. The maximum absolute atomic E-state index is 13.8. The Labute approximate surface area is 272 Å². The van der Waals surface area contributed by atoms with Gasteiger partial charge in [0.2, 0.25) is 11.9 Å². The van der Waals surface area contributed by atoms with Gasteiger partial charge in [-0.2, -0.15) is 10.1 Å². The van der Waals surface area contributed by atoms with Crippen molar-refractivity contribution in [1.82, 2.24) is 34.6 Å². The van der Waals surface area contributed by atoms with Crippen LogP contribution in [0, 0.1) is 6.92 Å². The number of para-hydroxylation sites is 1. The van der Waals surface area contributed by atoms with Crippen molar-refractivity contribution >= 4 is 35.1 Å². The monoisotopic (exact) mass is 632 g/mol. The first-order valence-electron chi connectivity index (χ1n) is 15.6. The molecule has 0 atom stereocenters. The average Bonchev–Trinajstić information content (AvgIpc) is 3.78. The zero-order valence-electron chi connectivity index (χ0n) is 26.8. The summed E-state index contributed by atoms with van der Waals surface area (Å²) < 4.78 is 7.46. The van der Waals surface area contributed by atoms with Crippen LogP contribution in [0.4, 0.5) is 27.9 Å². The number of ether oxygens (including phenoxy) is 1. The minimum atomic E-state index is -0.193. The molecule has 2 aliphatic rings. The number of hydrogen-bond acceptors (Lipinski definition) is 8. The molecule has 1 fully saturated rings. The minimum absolute atomic E-state index is 0.110. The van der Waals surface area contributed by atoms with Crippen LogP contribution in [0.3, 0.4) is 0 Å². The van der Waals surface area contributed by atoms with E-state index in [1.165, 1.54) is 0 Å². The zero-order chi connectivity index (χ0) is 32.7. The molecule has 2 aliphatic heterocycles. The van der Waals surface area contributed by atoms with E-state index in [9.17, 15) is 9.59 Å². The van der Waals surface area contributed by atoms with Gasteiger partial charge in [-0.3, -0.25) is 19.3 Å². The Hall–Kier alpha value is -5.72. The molecule has 5 heterocycles. The van der Waals surface area contributed by atoms with Gasteiger partial charge in [-0.25, -0.2) is 14.8 Å². The maximum atomic E-state index is 13.8. The SMILES string of the molecule is COc1ccccc1-c1cnc(-c2ccc(C)c(N3Cc4cnc(Nc5cnn(C6CCN(C(C)=O)CC6)c5)nc4N(C)C3=O)c2)[nH]1. The molecule has 2 aromatic carbocycles. The fraction of sp³-hybridized carbons (Fsp3) is 0.294. The first kappa shape index (κ1) is 30.0.